The lowest BCUT2D eigenvalue weighted by molar-refractivity contribution is -0.126. The molecule has 0 saturated carbocycles. The number of nitrogens with zero attached hydrogens (tertiary/aromatic N) is 2. The molecule has 1 unspecified atom stereocenters. The molecule has 1 saturated heterocycles. The van der Waals surface area contributed by atoms with Crippen LogP contribution in [0.2, 0.25) is 0 Å². The third-order valence-electron chi connectivity index (χ3n) is 3.74. The minimum atomic E-state index is 0.211. The quantitative estimate of drug-likeness (QED) is 0.834. The van der Waals surface area contributed by atoms with Crippen LogP contribution >= 0.6 is 0 Å². The van der Waals surface area contributed by atoms with E-state index in [2.05, 4.69) is 39.5 Å². The van der Waals surface area contributed by atoms with Crippen LogP contribution in [0.4, 0.5) is 0 Å². The van der Waals surface area contributed by atoms with Crippen LogP contribution in [-0.2, 0) is 11.3 Å². The van der Waals surface area contributed by atoms with Crippen molar-refractivity contribution in [1.82, 2.24) is 20.4 Å². The molecular formula is C17H18N4O. The van der Waals surface area contributed by atoms with E-state index in [1.54, 1.807) is 17.3 Å². The fourth-order valence-corrected chi connectivity index (χ4v) is 2.43. The van der Waals surface area contributed by atoms with E-state index in [1.807, 2.05) is 19.2 Å². The van der Waals surface area contributed by atoms with Gasteiger partial charge in [0, 0.05) is 44.4 Å². The number of carbonyl (C=O) groups excluding carboxylic acids is 1. The molecule has 0 spiro atoms. The minimum absolute atomic E-state index is 0.211. The smallest absolute Gasteiger partial charge is 0.224 e. The Labute approximate surface area is 129 Å². The number of hydrogen-bond donors (Lipinski definition) is 2. The SMILES string of the molecule is CN1CC(NCc2ccc(C#Cc3cn[nH]c3)cc2)CC1=O. The Morgan fingerprint density at radius 1 is 1.32 bits per heavy atom. The van der Waals surface area contributed by atoms with Crippen molar-refractivity contribution >= 4 is 5.91 Å². The zero-order valence-electron chi connectivity index (χ0n) is 12.5. The summed E-state index contributed by atoms with van der Waals surface area (Å²) in [5.41, 5.74) is 3.04. The second kappa shape index (κ2) is 6.46. The summed E-state index contributed by atoms with van der Waals surface area (Å²) in [4.78, 5) is 13.2. The van der Waals surface area contributed by atoms with E-state index >= 15 is 0 Å². The normalized spacial score (nSPS) is 17.4. The molecule has 1 amide bonds. The van der Waals surface area contributed by atoms with Crippen molar-refractivity contribution in [2.75, 3.05) is 13.6 Å². The third-order valence-corrected chi connectivity index (χ3v) is 3.74. The van der Waals surface area contributed by atoms with Crippen LogP contribution < -0.4 is 5.32 Å². The molecule has 5 heteroatoms. The van der Waals surface area contributed by atoms with E-state index < -0.39 is 0 Å². The molecular weight excluding hydrogens is 276 g/mol. The van der Waals surface area contributed by atoms with Gasteiger partial charge in [0.1, 0.15) is 0 Å². The molecule has 0 radical (unpaired) electrons. The molecule has 1 atom stereocenters. The number of benzene rings is 1. The molecule has 2 N–H and O–H groups in total. The molecule has 3 rings (SSSR count). The number of aromatic nitrogens is 2. The maximum atomic E-state index is 11.5. The van der Waals surface area contributed by atoms with Crippen LogP contribution in [0.5, 0.6) is 0 Å². The molecule has 0 aliphatic carbocycles. The first-order chi connectivity index (χ1) is 10.7. The molecule has 1 aliphatic heterocycles. The summed E-state index contributed by atoms with van der Waals surface area (Å²) < 4.78 is 0. The van der Waals surface area contributed by atoms with Gasteiger partial charge < -0.3 is 10.2 Å². The fraction of sp³-hybridized carbons (Fsp3) is 0.294. The van der Waals surface area contributed by atoms with Gasteiger partial charge in [-0.2, -0.15) is 5.10 Å². The molecule has 0 bridgehead atoms. The Bertz CT molecular complexity index is 695. The number of hydrogen-bond acceptors (Lipinski definition) is 3. The van der Waals surface area contributed by atoms with Gasteiger partial charge >= 0.3 is 0 Å². The number of likely N-dealkylation sites (N-methyl/N-ethyl adjacent to an activating group) is 1. The van der Waals surface area contributed by atoms with E-state index in [0.29, 0.717) is 6.42 Å². The number of nitrogens with one attached hydrogen (secondary N) is 2. The Morgan fingerprint density at radius 3 is 2.73 bits per heavy atom. The Morgan fingerprint density at radius 2 is 2.09 bits per heavy atom. The Hall–Kier alpha value is -2.58. The van der Waals surface area contributed by atoms with Gasteiger partial charge in [0.2, 0.25) is 5.91 Å². The number of carbonyl (C=O) groups is 1. The van der Waals surface area contributed by atoms with Gasteiger partial charge in [0.15, 0.2) is 0 Å². The molecule has 1 aliphatic rings. The predicted octanol–water partition coefficient (Wildman–Crippen LogP) is 1.13. The summed E-state index contributed by atoms with van der Waals surface area (Å²) in [6.07, 6.45) is 4.06. The maximum Gasteiger partial charge on any atom is 0.224 e. The van der Waals surface area contributed by atoms with Gasteiger partial charge in [-0.3, -0.25) is 9.89 Å². The summed E-state index contributed by atoms with van der Waals surface area (Å²) >= 11 is 0. The van der Waals surface area contributed by atoms with Crippen molar-refractivity contribution in [3.8, 4) is 11.8 Å². The van der Waals surface area contributed by atoms with Crippen LogP contribution in [-0.4, -0.2) is 40.6 Å². The summed E-state index contributed by atoms with van der Waals surface area (Å²) in [6, 6.07) is 8.39. The summed E-state index contributed by atoms with van der Waals surface area (Å²) in [5, 5.41) is 10.0. The molecule has 1 aromatic heterocycles. The lowest BCUT2D eigenvalue weighted by Gasteiger charge is -2.12. The lowest BCUT2D eigenvalue weighted by atomic mass is 10.1. The first-order valence-electron chi connectivity index (χ1n) is 7.28. The zero-order chi connectivity index (χ0) is 15.4. The van der Waals surface area contributed by atoms with Crippen molar-refractivity contribution in [3.05, 3.63) is 53.3 Å². The highest BCUT2D eigenvalue weighted by atomic mass is 16.2. The number of likely N-dealkylation sites (tertiary alicyclic amines) is 1. The first-order valence-corrected chi connectivity index (χ1v) is 7.28. The van der Waals surface area contributed by atoms with E-state index in [4.69, 9.17) is 0 Å². The minimum Gasteiger partial charge on any atom is -0.344 e. The van der Waals surface area contributed by atoms with Gasteiger partial charge in [0.25, 0.3) is 0 Å². The first kappa shape index (κ1) is 14.4. The fourth-order valence-electron chi connectivity index (χ4n) is 2.43. The summed E-state index contributed by atoms with van der Waals surface area (Å²) in [6.45, 7) is 1.55. The predicted molar refractivity (Wildman–Crippen MR) is 83.9 cm³/mol. The average molecular weight is 294 g/mol. The highest BCUT2D eigenvalue weighted by Gasteiger charge is 2.25. The van der Waals surface area contributed by atoms with Crippen molar-refractivity contribution in [3.63, 3.8) is 0 Å². The van der Waals surface area contributed by atoms with Crippen LogP contribution in [0.1, 0.15) is 23.1 Å². The van der Waals surface area contributed by atoms with E-state index in [9.17, 15) is 4.79 Å². The van der Waals surface area contributed by atoms with E-state index in [-0.39, 0.29) is 11.9 Å². The third kappa shape index (κ3) is 3.54. The molecule has 5 nitrogen and oxygen atoms in total. The van der Waals surface area contributed by atoms with Crippen LogP contribution in [0.25, 0.3) is 0 Å². The summed E-state index contributed by atoms with van der Waals surface area (Å²) in [5.74, 6) is 6.36. The molecule has 22 heavy (non-hydrogen) atoms. The number of amides is 1. The molecule has 2 heterocycles. The highest BCUT2D eigenvalue weighted by Crippen LogP contribution is 2.10. The van der Waals surface area contributed by atoms with Crippen LogP contribution in [0, 0.1) is 11.8 Å². The molecule has 1 aromatic carbocycles. The Kier molecular flexibility index (Phi) is 4.22. The largest absolute Gasteiger partial charge is 0.344 e. The van der Waals surface area contributed by atoms with Gasteiger partial charge in [-0.25, -0.2) is 0 Å². The molecule has 112 valence electrons. The monoisotopic (exact) mass is 294 g/mol. The zero-order valence-corrected chi connectivity index (χ0v) is 12.5. The van der Waals surface area contributed by atoms with Crippen molar-refractivity contribution in [2.45, 2.75) is 19.0 Å². The van der Waals surface area contributed by atoms with Crippen LogP contribution in [0.15, 0.2) is 36.7 Å². The lowest BCUT2D eigenvalue weighted by Crippen LogP contribution is -2.30. The highest BCUT2D eigenvalue weighted by molar-refractivity contribution is 5.78. The second-order valence-corrected chi connectivity index (χ2v) is 5.49. The number of rotatable bonds is 3. The van der Waals surface area contributed by atoms with Gasteiger partial charge in [-0.1, -0.05) is 24.0 Å². The molecule has 1 fully saturated rings. The number of aromatic amines is 1. The van der Waals surface area contributed by atoms with E-state index in [1.165, 1.54) is 5.56 Å². The van der Waals surface area contributed by atoms with Crippen molar-refractivity contribution < 1.29 is 4.79 Å². The van der Waals surface area contributed by atoms with E-state index in [0.717, 1.165) is 24.2 Å². The molecule has 2 aromatic rings. The van der Waals surface area contributed by atoms with Crippen LogP contribution in [0.3, 0.4) is 0 Å². The number of H-pyrrole nitrogens is 1. The van der Waals surface area contributed by atoms with Gasteiger partial charge in [-0.05, 0) is 17.7 Å². The topological polar surface area (TPSA) is 61.0 Å². The standard InChI is InChI=1S/C17H18N4O/c1-21-12-16(8-17(21)22)18-9-14-5-2-13(3-6-14)4-7-15-10-19-20-11-15/h2-3,5-6,10-11,16,18H,8-9,12H2,1H3,(H,19,20). The Balaban J connectivity index is 1.54. The second-order valence-electron chi connectivity index (χ2n) is 5.49. The maximum absolute atomic E-state index is 11.5. The average Bonchev–Trinajstić information content (AvgIpc) is 3.15. The van der Waals surface area contributed by atoms with Gasteiger partial charge in [-0.15, -0.1) is 0 Å². The van der Waals surface area contributed by atoms with Crippen molar-refractivity contribution in [1.29, 1.82) is 0 Å². The summed E-state index contributed by atoms with van der Waals surface area (Å²) in [7, 11) is 1.84. The van der Waals surface area contributed by atoms with Crippen molar-refractivity contribution in [2.24, 2.45) is 0 Å². The van der Waals surface area contributed by atoms with Gasteiger partial charge in [0.05, 0.1) is 11.8 Å².